The Balaban J connectivity index is 2.14. The molecular formula is C14H16N2O4. The van der Waals surface area contributed by atoms with Crippen molar-refractivity contribution in [2.45, 2.75) is 13.0 Å². The molecule has 2 N–H and O–H groups in total. The van der Waals surface area contributed by atoms with Gasteiger partial charge in [-0.25, -0.2) is 4.79 Å². The Morgan fingerprint density at radius 1 is 1.25 bits per heavy atom. The summed E-state index contributed by atoms with van der Waals surface area (Å²) < 4.78 is 0. The lowest BCUT2D eigenvalue weighted by Crippen LogP contribution is -2.46. The van der Waals surface area contributed by atoms with E-state index in [-0.39, 0.29) is 19.5 Å². The van der Waals surface area contributed by atoms with E-state index in [9.17, 15) is 14.7 Å². The maximum Gasteiger partial charge on any atom is 0.407 e. The van der Waals surface area contributed by atoms with E-state index < -0.39 is 18.0 Å². The number of rotatable bonds is 3. The Labute approximate surface area is 116 Å². The first kappa shape index (κ1) is 14.0. The van der Waals surface area contributed by atoms with E-state index in [2.05, 4.69) is 4.99 Å². The molecule has 2 rings (SSSR count). The number of benzene rings is 1. The molecule has 1 unspecified atom stereocenters. The molecule has 20 heavy (non-hydrogen) atoms. The maximum absolute atomic E-state index is 11.2. The normalized spacial score (nSPS) is 20.9. The Bertz CT molecular complexity index is 527. The van der Waals surface area contributed by atoms with Crippen LogP contribution in [0.2, 0.25) is 0 Å². The number of hydrogen-bond donors (Lipinski definition) is 2. The highest BCUT2D eigenvalue weighted by molar-refractivity contribution is 6.04. The van der Waals surface area contributed by atoms with Crippen LogP contribution in [0.3, 0.4) is 0 Å². The molecule has 1 aromatic carbocycles. The van der Waals surface area contributed by atoms with Gasteiger partial charge in [-0.05, 0) is 12.0 Å². The van der Waals surface area contributed by atoms with Crippen molar-refractivity contribution in [2.24, 2.45) is 10.9 Å². The van der Waals surface area contributed by atoms with Crippen molar-refractivity contribution in [2.75, 3.05) is 13.1 Å². The number of carbonyl (C=O) groups is 2. The number of amides is 1. The largest absolute Gasteiger partial charge is 0.481 e. The molecule has 0 radical (unpaired) electrons. The molecule has 6 nitrogen and oxygen atoms in total. The molecule has 106 valence electrons. The third kappa shape index (κ3) is 3.34. The molecule has 1 amide bonds. The molecule has 1 aliphatic heterocycles. The number of likely N-dealkylation sites (tertiary alicyclic amines) is 1. The molecule has 0 aromatic heterocycles. The van der Waals surface area contributed by atoms with Crippen molar-refractivity contribution < 1.29 is 19.8 Å². The summed E-state index contributed by atoms with van der Waals surface area (Å²) >= 11 is 0. The summed E-state index contributed by atoms with van der Waals surface area (Å²) in [4.78, 5) is 27.7. The summed E-state index contributed by atoms with van der Waals surface area (Å²) in [5.74, 6) is -1.63. The number of aliphatic imine (C=N–C) groups is 1. The highest BCUT2D eigenvalue weighted by Gasteiger charge is 2.32. The molecule has 6 heteroatoms. The van der Waals surface area contributed by atoms with Crippen molar-refractivity contribution in [1.29, 1.82) is 0 Å². The zero-order chi connectivity index (χ0) is 14.5. The first-order chi connectivity index (χ1) is 9.58. The summed E-state index contributed by atoms with van der Waals surface area (Å²) in [6, 6.07) is 9.46. The average molecular weight is 276 g/mol. The first-order valence-electron chi connectivity index (χ1n) is 6.35. The van der Waals surface area contributed by atoms with Crippen LogP contribution in [-0.2, 0) is 11.3 Å². The van der Waals surface area contributed by atoms with Gasteiger partial charge in [0, 0.05) is 12.3 Å². The van der Waals surface area contributed by atoms with Crippen LogP contribution in [0.5, 0.6) is 0 Å². The summed E-state index contributed by atoms with van der Waals surface area (Å²) in [6.45, 7) is 0.670. The Morgan fingerprint density at radius 2 is 1.95 bits per heavy atom. The van der Waals surface area contributed by atoms with Crippen LogP contribution >= 0.6 is 0 Å². The third-order valence-electron chi connectivity index (χ3n) is 3.32. The van der Waals surface area contributed by atoms with Crippen LogP contribution in [0.15, 0.2) is 35.3 Å². The lowest BCUT2D eigenvalue weighted by Gasteiger charge is -2.29. The molecule has 0 spiro atoms. The number of hydrogen-bond acceptors (Lipinski definition) is 3. The number of aliphatic carboxylic acids is 1. The number of nitrogens with zero attached hydrogens (tertiary/aromatic N) is 2. The second-order valence-corrected chi connectivity index (χ2v) is 4.68. The van der Waals surface area contributed by atoms with Crippen molar-refractivity contribution >= 4 is 17.8 Å². The number of carboxylic acid groups (broad SMARTS) is 2. The van der Waals surface area contributed by atoms with Crippen LogP contribution in [0.25, 0.3) is 0 Å². The van der Waals surface area contributed by atoms with Crippen molar-refractivity contribution in [3.63, 3.8) is 0 Å². The molecule has 1 heterocycles. The van der Waals surface area contributed by atoms with Crippen LogP contribution in [0.1, 0.15) is 12.0 Å². The van der Waals surface area contributed by atoms with Gasteiger partial charge < -0.3 is 15.1 Å². The summed E-state index contributed by atoms with van der Waals surface area (Å²) in [6.07, 6.45) is -0.767. The fourth-order valence-corrected chi connectivity index (χ4v) is 2.20. The molecule has 0 bridgehead atoms. The number of carboxylic acids is 1. The second kappa shape index (κ2) is 6.18. The van der Waals surface area contributed by atoms with Gasteiger partial charge in [0.1, 0.15) is 0 Å². The van der Waals surface area contributed by atoms with E-state index >= 15 is 0 Å². The van der Waals surface area contributed by atoms with Gasteiger partial charge in [-0.15, -0.1) is 0 Å². The van der Waals surface area contributed by atoms with Crippen LogP contribution in [-0.4, -0.2) is 46.0 Å². The number of piperidine rings is 1. The minimum absolute atomic E-state index is 0.0686. The van der Waals surface area contributed by atoms with E-state index in [4.69, 9.17) is 5.11 Å². The fraction of sp³-hybridized carbons (Fsp3) is 0.357. The van der Waals surface area contributed by atoms with Gasteiger partial charge in [-0.3, -0.25) is 9.79 Å². The zero-order valence-electron chi connectivity index (χ0n) is 10.9. The zero-order valence-corrected chi connectivity index (χ0v) is 10.9. The third-order valence-corrected chi connectivity index (χ3v) is 3.32. The lowest BCUT2D eigenvalue weighted by molar-refractivity contribution is -0.139. The van der Waals surface area contributed by atoms with Crippen molar-refractivity contribution in [3.8, 4) is 0 Å². The first-order valence-corrected chi connectivity index (χ1v) is 6.35. The van der Waals surface area contributed by atoms with E-state index in [0.717, 1.165) is 5.56 Å². The quantitative estimate of drug-likeness (QED) is 0.879. The molecular weight excluding hydrogens is 260 g/mol. The predicted octanol–water partition coefficient (Wildman–Crippen LogP) is 1.71. The molecule has 1 aliphatic rings. The van der Waals surface area contributed by atoms with Crippen LogP contribution in [0, 0.1) is 5.92 Å². The highest BCUT2D eigenvalue weighted by Crippen LogP contribution is 2.17. The molecule has 0 saturated carbocycles. The monoisotopic (exact) mass is 276 g/mol. The minimum Gasteiger partial charge on any atom is -0.481 e. The van der Waals surface area contributed by atoms with E-state index in [0.29, 0.717) is 12.3 Å². The lowest BCUT2D eigenvalue weighted by atomic mass is 9.95. The molecule has 1 saturated heterocycles. The minimum atomic E-state index is -1.04. The SMILES string of the molecule is O=C(O)C1CCN(C(=O)O)CC1=NCc1ccccc1. The van der Waals surface area contributed by atoms with E-state index in [1.165, 1.54) is 4.90 Å². The predicted molar refractivity (Wildman–Crippen MR) is 72.9 cm³/mol. The summed E-state index contributed by atoms with van der Waals surface area (Å²) in [7, 11) is 0. The highest BCUT2D eigenvalue weighted by atomic mass is 16.4. The van der Waals surface area contributed by atoms with Gasteiger partial charge in [-0.1, -0.05) is 30.3 Å². The second-order valence-electron chi connectivity index (χ2n) is 4.68. The standard InChI is InChI=1S/C14H16N2O4/c17-13(18)11-6-7-16(14(19)20)9-12(11)15-8-10-4-2-1-3-5-10/h1-5,11H,6-9H2,(H,17,18)(H,19,20). The Hall–Kier alpha value is -2.37. The van der Waals surface area contributed by atoms with E-state index in [1.807, 2.05) is 30.3 Å². The van der Waals surface area contributed by atoms with Crippen molar-refractivity contribution in [3.05, 3.63) is 35.9 Å². The topological polar surface area (TPSA) is 90.2 Å². The van der Waals surface area contributed by atoms with Gasteiger partial charge >= 0.3 is 12.1 Å². The Morgan fingerprint density at radius 3 is 2.55 bits per heavy atom. The van der Waals surface area contributed by atoms with Crippen LogP contribution in [0.4, 0.5) is 4.79 Å². The maximum atomic E-state index is 11.2. The van der Waals surface area contributed by atoms with Gasteiger partial charge in [0.2, 0.25) is 0 Å². The van der Waals surface area contributed by atoms with Gasteiger partial charge in [-0.2, -0.15) is 0 Å². The smallest absolute Gasteiger partial charge is 0.407 e. The molecule has 1 aromatic rings. The Kier molecular flexibility index (Phi) is 4.34. The summed E-state index contributed by atoms with van der Waals surface area (Å²) in [5, 5.41) is 18.2. The summed E-state index contributed by atoms with van der Waals surface area (Å²) in [5.41, 5.74) is 1.39. The molecule has 0 aliphatic carbocycles. The van der Waals surface area contributed by atoms with Crippen LogP contribution < -0.4 is 0 Å². The fourth-order valence-electron chi connectivity index (χ4n) is 2.20. The van der Waals surface area contributed by atoms with Crippen molar-refractivity contribution in [1.82, 2.24) is 4.90 Å². The average Bonchev–Trinajstić information content (AvgIpc) is 2.45. The van der Waals surface area contributed by atoms with E-state index in [1.54, 1.807) is 0 Å². The molecule has 1 fully saturated rings. The van der Waals surface area contributed by atoms with Gasteiger partial charge in [0.05, 0.1) is 19.0 Å². The van der Waals surface area contributed by atoms with Gasteiger partial charge in [0.15, 0.2) is 0 Å². The molecule has 1 atom stereocenters. The van der Waals surface area contributed by atoms with Gasteiger partial charge in [0.25, 0.3) is 0 Å².